The number of H-pyrrole nitrogens is 2. The Balaban J connectivity index is 1.72. The zero-order chi connectivity index (χ0) is 34.2. The van der Waals surface area contributed by atoms with E-state index >= 15 is 0 Å². The average Bonchev–Trinajstić information content (AvgIpc) is 3.73. The highest BCUT2D eigenvalue weighted by Gasteiger charge is 2.20. The van der Waals surface area contributed by atoms with Crippen LogP contribution < -0.4 is 10.6 Å². The van der Waals surface area contributed by atoms with Crippen LogP contribution in [0.1, 0.15) is 138 Å². The number of rotatable bonds is 16. The summed E-state index contributed by atoms with van der Waals surface area (Å²) in [5, 5.41) is 7.30. The van der Waals surface area contributed by atoms with E-state index in [1.807, 2.05) is 0 Å². The van der Waals surface area contributed by atoms with Gasteiger partial charge < -0.3 is 20.6 Å². The Labute approximate surface area is 289 Å². The van der Waals surface area contributed by atoms with Crippen LogP contribution in [0.3, 0.4) is 0 Å². The fraction of sp³-hybridized carbons (Fsp3) is 0.524. The molecule has 258 valence electrons. The molecule has 0 fully saturated rings. The quantitative estimate of drug-likeness (QED) is 0.117. The lowest BCUT2D eigenvalue weighted by molar-refractivity contribution is 0.617. The van der Waals surface area contributed by atoms with Gasteiger partial charge in [0.15, 0.2) is 0 Å². The molecule has 0 saturated heterocycles. The Hall–Kier alpha value is -3.48. The SMILES string of the molecule is CCCCNCCCC1=C(C)c2cc3[nH]c(cc4nc(cc5[nH]c(cc1n2)c(CCCNCCCC)c5C)C(CC)=C4C)c(CC)c3C. The molecule has 0 saturated carbocycles. The smallest absolute Gasteiger partial charge is 0.0693 e. The third-order valence-electron chi connectivity index (χ3n) is 10.5. The predicted octanol–water partition coefficient (Wildman–Crippen LogP) is 10.3. The Morgan fingerprint density at radius 3 is 1.54 bits per heavy atom. The van der Waals surface area contributed by atoms with Crippen LogP contribution in [0.15, 0.2) is 24.3 Å². The zero-order valence-corrected chi connectivity index (χ0v) is 31.1. The van der Waals surface area contributed by atoms with Crippen LogP contribution in [0.2, 0.25) is 0 Å². The maximum absolute atomic E-state index is 5.37. The van der Waals surface area contributed by atoms with Crippen LogP contribution in [-0.2, 0) is 12.8 Å². The van der Waals surface area contributed by atoms with Gasteiger partial charge in [-0.25, -0.2) is 9.97 Å². The Morgan fingerprint density at radius 2 is 0.958 bits per heavy atom. The molecular weight excluding hydrogens is 589 g/mol. The first kappa shape index (κ1) is 35.8. The van der Waals surface area contributed by atoms with Crippen molar-refractivity contribution in [1.29, 1.82) is 0 Å². The summed E-state index contributed by atoms with van der Waals surface area (Å²) in [6.07, 6.45) is 11.1. The standard InChI is InChI=1S/C42H60N6/c1-9-13-19-43-21-15-17-33-29(7)36-23-35-27(5)31(11-3)39(45-35)24-37-28(6)32(12-4)40(46-37)25-38-30(8)34(18-16-22-44-20-14-10-2)42(48-38)26-41(33)47-36/h23-26,43-45,48H,9-22H2,1-8H3. The summed E-state index contributed by atoms with van der Waals surface area (Å²) in [4.78, 5) is 18.3. The first-order chi connectivity index (χ1) is 23.3. The Bertz CT molecular complexity index is 1810. The predicted molar refractivity (Wildman–Crippen MR) is 208 cm³/mol. The summed E-state index contributed by atoms with van der Waals surface area (Å²) in [5.74, 6) is 0. The molecule has 0 aromatic carbocycles. The highest BCUT2D eigenvalue weighted by Crippen LogP contribution is 2.36. The second kappa shape index (κ2) is 16.8. The minimum absolute atomic E-state index is 0.951. The second-order valence-electron chi connectivity index (χ2n) is 13.8. The van der Waals surface area contributed by atoms with Crippen LogP contribution in [0.25, 0.3) is 44.4 Å². The summed E-state index contributed by atoms with van der Waals surface area (Å²) in [5.41, 5.74) is 19.6. The number of allylic oxidation sites excluding steroid dienone is 4. The van der Waals surface area contributed by atoms with Crippen molar-refractivity contribution in [3.05, 3.63) is 69.3 Å². The summed E-state index contributed by atoms with van der Waals surface area (Å²) < 4.78 is 0. The number of aryl methyl sites for hydroxylation is 4. The van der Waals surface area contributed by atoms with Crippen LogP contribution in [0.4, 0.5) is 0 Å². The molecule has 0 spiro atoms. The van der Waals surface area contributed by atoms with Crippen LogP contribution in [0.5, 0.6) is 0 Å². The van der Waals surface area contributed by atoms with Crippen molar-refractivity contribution in [3.8, 4) is 0 Å². The van der Waals surface area contributed by atoms with E-state index < -0.39 is 0 Å². The number of unbranched alkanes of at least 4 members (excludes halogenated alkanes) is 2. The van der Waals surface area contributed by atoms with E-state index in [1.165, 1.54) is 75.7 Å². The third-order valence-corrected chi connectivity index (χ3v) is 10.5. The fourth-order valence-corrected chi connectivity index (χ4v) is 7.39. The van der Waals surface area contributed by atoms with Gasteiger partial charge in [-0.05, 0) is 174 Å². The number of aromatic nitrogens is 4. The molecule has 0 radical (unpaired) electrons. The van der Waals surface area contributed by atoms with Gasteiger partial charge in [-0.1, -0.05) is 40.5 Å². The molecule has 5 heterocycles. The summed E-state index contributed by atoms with van der Waals surface area (Å²) >= 11 is 0. The van der Waals surface area contributed by atoms with E-state index in [2.05, 4.69) is 100 Å². The van der Waals surface area contributed by atoms with Crippen molar-refractivity contribution in [3.63, 3.8) is 0 Å². The number of aromatic amines is 2. The van der Waals surface area contributed by atoms with Gasteiger partial charge in [-0.3, -0.25) is 0 Å². The fourth-order valence-electron chi connectivity index (χ4n) is 7.39. The number of nitrogens with one attached hydrogen (secondary N) is 4. The van der Waals surface area contributed by atoms with Crippen molar-refractivity contribution in [1.82, 2.24) is 30.6 Å². The molecule has 6 nitrogen and oxygen atoms in total. The van der Waals surface area contributed by atoms with Gasteiger partial charge in [0.2, 0.25) is 0 Å². The van der Waals surface area contributed by atoms with Crippen molar-refractivity contribution in [2.45, 2.75) is 120 Å². The molecule has 2 aliphatic heterocycles. The highest BCUT2D eigenvalue weighted by molar-refractivity contribution is 5.94. The lowest BCUT2D eigenvalue weighted by Crippen LogP contribution is -2.17. The normalized spacial score (nSPS) is 13.3. The van der Waals surface area contributed by atoms with Crippen LogP contribution in [0, 0.1) is 13.8 Å². The number of nitrogens with zero attached hydrogens (tertiary/aromatic N) is 2. The van der Waals surface area contributed by atoms with E-state index in [4.69, 9.17) is 9.97 Å². The minimum atomic E-state index is 0.951. The topological polar surface area (TPSA) is 81.4 Å². The third kappa shape index (κ3) is 7.87. The number of fused-ring (bicyclic) bond motifs is 8. The molecule has 6 heteroatoms. The van der Waals surface area contributed by atoms with E-state index in [0.29, 0.717) is 0 Å². The summed E-state index contributed by atoms with van der Waals surface area (Å²) in [6, 6.07) is 9.19. The van der Waals surface area contributed by atoms with Gasteiger partial charge in [0.25, 0.3) is 0 Å². The number of hydrogen-bond donors (Lipinski definition) is 4. The van der Waals surface area contributed by atoms with Crippen LogP contribution in [-0.4, -0.2) is 46.1 Å². The van der Waals surface area contributed by atoms with Crippen molar-refractivity contribution in [2.75, 3.05) is 26.2 Å². The van der Waals surface area contributed by atoms with E-state index in [9.17, 15) is 0 Å². The highest BCUT2D eigenvalue weighted by atomic mass is 14.8. The molecule has 0 aliphatic carbocycles. The molecule has 4 N–H and O–H groups in total. The summed E-state index contributed by atoms with van der Waals surface area (Å²) in [6.45, 7) is 22.3. The first-order valence-electron chi connectivity index (χ1n) is 18.9. The molecule has 0 atom stereocenters. The second-order valence-corrected chi connectivity index (χ2v) is 13.8. The van der Waals surface area contributed by atoms with Crippen molar-refractivity contribution < 1.29 is 0 Å². The Kier molecular flexibility index (Phi) is 12.5. The van der Waals surface area contributed by atoms with Gasteiger partial charge in [0, 0.05) is 22.1 Å². The van der Waals surface area contributed by atoms with Crippen molar-refractivity contribution in [2.24, 2.45) is 0 Å². The minimum Gasteiger partial charge on any atom is -0.355 e. The van der Waals surface area contributed by atoms with Gasteiger partial charge >= 0.3 is 0 Å². The number of hydrogen-bond acceptors (Lipinski definition) is 4. The lowest BCUT2D eigenvalue weighted by atomic mass is 10.00. The molecule has 8 bridgehead atoms. The Morgan fingerprint density at radius 1 is 0.500 bits per heavy atom. The molecular formula is C42H60N6. The molecule has 48 heavy (non-hydrogen) atoms. The molecule has 3 aromatic rings. The van der Waals surface area contributed by atoms with Crippen LogP contribution >= 0.6 is 0 Å². The average molecular weight is 649 g/mol. The van der Waals surface area contributed by atoms with Gasteiger partial charge in [-0.15, -0.1) is 0 Å². The van der Waals surface area contributed by atoms with E-state index in [-0.39, 0.29) is 0 Å². The molecule has 3 aromatic heterocycles. The maximum atomic E-state index is 5.37. The largest absolute Gasteiger partial charge is 0.355 e. The molecule has 0 unspecified atom stereocenters. The van der Waals surface area contributed by atoms with E-state index in [0.717, 1.165) is 104 Å². The molecule has 0 amide bonds. The van der Waals surface area contributed by atoms with Crippen molar-refractivity contribution >= 4 is 44.4 Å². The molecule has 5 rings (SSSR count). The summed E-state index contributed by atoms with van der Waals surface area (Å²) in [7, 11) is 0. The molecule has 2 aliphatic rings. The van der Waals surface area contributed by atoms with Gasteiger partial charge in [0.1, 0.15) is 0 Å². The lowest BCUT2D eigenvalue weighted by Gasteiger charge is -2.07. The maximum Gasteiger partial charge on any atom is 0.0693 e. The van der Waals surface area contributed by atoms with E-state index in [1.54, 1.807) is 0 Å². The van der Waals surface area contributed by atoms with Gasteiger partial charge in [0.05, 0.1) is 22.8 Å². The first-order valence-corrected chi connectivity index (χ1v) is 18.9. The zero-order valence-electron chi connectivity index (χ0n) is 31.1. The monoisotopic (exact) mass is 648 g/mol. The van der Waals surface area contributed by atoms with Gasteiger partial charge in [-0.2, -0.15) is 0 Å².